The van der Waals surface area contributed by atoms with Gasteiger partial charge in [-0.3, -0.25) is 9.59 Å². The van der Waals surface area contributed by atoms with Gasteiger partial charge in [-0.15, -0.1) is 0 Å². The zero-order chi connectivity index (χ0) is 18.9. The fourth-order valence-corrected chi connectivity index (χ4v) is 2.24. The molecule has 0 fully saturated rings. The van der Waals surface area contributed by atoms with Crippen molar-refractivity contribution in [3.63, 3.8) is 0 Å². The lowest BCUT2D eigenvalue weighted by atomic mass is 10.2. The maximum Gasteiger partial charge on any atom is 0.329 e. The summed E-state index contributed by atoms with van der Waals surface area (Å²) in [4.78, 5) is 23.0. The van der Waals surface area contributed by atoms with Gasteiger partial charge in [0.15, 0.2) is 0 Å². The first kappa shape index (κ1) is 19.5. The van der Waals surface area contributed by atoms with Crippen LogP contribution in [0.25, 0.3) is 0 Å². The third kappa shape index (κ3) is 6.22. The molecule has 0 aliphatic heterocycles. The number of nitrogens with one attached hydrogen (secondary N) is 2. The largest absolute Gasteiger partial charge is 0.487 e. The molecule has 0 bridgehead atoms. The van der Waals surface area contributed by atoms with Gasteiger partial charge in [0.2, 0.25) is 0 Å². The smallest absolute Gasteiger partial charge is 0.329 e. The number of amides is 2. The number of halogens is 1. The Balaban J connectivity index is 1.90. The van der Waals surface area contributed by atoms with Gasteiger partial charge in [-0.1, -0.05) is 41.9 Å². The van der Waals surface area contributed by atoms with Crippen LogP contribution in [0.15, 0.2) is 53.6 Å². The van der Waals surface area contributed by atoms with E-state index in [9.17, 15) is 9.59 Å². The number of hydrazone groups is 1. The van der Waals surface area contributed by atoms with Gasteiger partial charge in [-0.2, -0.15) is 5.10 Å². The second-order valence-electron chi connectivity index (χ2n) is 5.79. The second kappa shape index (κ2) is 9.58. The molecule has 0 saturated heterocycles. The van der Waals surface area contributed by atoms with Gasteiger partial charge in [0, 0.05) is 6.04 Å². The van der Waals surface area contributed by atoms with E-state index in [0.717, 1.165) is 5.56 Å². The molecule has 2 aromatic rings. The molecule has 2 amide bonds. The highest BCUT2D eigenvalue weighted by atomic mass is 35.5. The normalized spacial score (nSPS) is 10.8. The average Bonchev–Trinajstić information content (AvgIpc) is 2.61. The minimum atomic E-state index is -0.830. The molecule has 7 heteroatoms. The van der Waals surface area contributed by atoms with Crippen molar-refractivity contribution in [1.29, 1.82) is 0 Å². The Morgan fingerprint density at radius 3 is 2.54 bits per heavy atom. The zero-order valence-electron chi connectivity index (χ0n) is 14.5. The van der Waals surface area contributed by atoms with Crippen LogP contribution < -0.4 is 15.5 Å². The monoisotopic (exact) mass is 373 g/mol. The molecular weight excluding hydrogens is 354 g/mol. The summed E-state index contributed by atoms with van der Waals surface area (Å²) in [6, 6.07) is 14.8. The molecule has 0 aromatic heterocycles. The van der Waals surface area contributed by atoms with Gasteiger partial charge in [0.05, 0.1) is 11.2 Å². The SMILES string of the molecule is CC(C)NC(=O)C(=O)N/N=C\c1ccc(OCc2ccccc2)c(Cl)c1. The van der Waals surface area contributed by atoms with Crippen LogP contribution in [0.3, 0.4) is 0 Å². The minimum Gasteiger partial charge on any atom is -0.487 e. The van der Waals surface area contributed by atoms with Gasteiger partial charge in [0.25, 0.3) is 0 Å². The van der Waals surface area contributed by atoms with Crippen LogP contribution in [0.5, 0.6) is 5.75 Å². The Bertz CT molecular complexity index is 792. The molecule has 2 N–H and O–H groups in total. The fraction of sp³-hybridized carbons (Fsp3) is 0.211. The van der Waals surface area contributed by atoms with Gasteiger partial charge < -0.3 is 10.1 Å². The maximum absolute atomic E-state index is 11.5. The molecule has 136 valence electrons. The molecule has 0 unspecified atom stereocenters. The van der Waals surface area contributed by atoms with Crippen molar-refractivity contribution in [3.8, 4) is 5.75 Å². The molecular formula is C19H20ClN3O3. The van der Waals surface area contributed by atoms with E-state index < -0.39 is 11.8 Å². The van der Waals surface area contributed by atoms with E-state index in [-0.39, 0.29) is 6.04 Å². The van der Waals surface area contributed by atoms with E-state index in [2.05, 4.69) is 15.8 Å². The van der Waals surface area contributed by atoms with Crippen molar-refractivity contribution >= 4 is 29.6 Å². The lowest BCUT2D eigenvalue weighted by Crippen LogP contribution is -2.41. The number of rotatable bonds is 6. The summed E-state index contributed by atoms with van der Waals surface area (Å²) in [7, 11) is 0. The number of hydrogen-bond donors (Lipinski definition) is 2. The molecule has 2 aromatic carbocycles. The summed E-state index contributed by atoms with van der Waals surface area (Å²) in [5.74, 6) is -1.02. The number of benzene rings is 2. The van der Waals surface area contributed by atoms with E-state index in [1.165, 1.54) is 6.21 Å². The Morgan fingerprint density at radius 2 is 1.88 bits per heavy atom. The second-order valence-corrected chi connectivity index (χ2v) is 6.20. The highest BCUT2D eigenvalue weighted by molar-refractivity contribution is 6.35. The Kier molecular flexibility index (Phi) is 7.17. The molecule has 0 spiro atoms. The van der Waals surface area contributed by atoms with Crippen LogP contribution in [-0.2, 0) is 16.2 Å². The molecule has 0 atom stereocenters. The van der Waals surface area contributed by atoms with Crippen molar-refractivity contribution in [2.75, 3.05) is 0 Å². The van der Waals surface area contributed by atoms with Gasteiger partial charge in [0.1, 0.15) is 12.4 Å². The number of nitrogens with zero attached hydrogens (tertiary/aromatic N) is 1. The molecule has 0 aliphatic carbocycles. The van der Waals surface area contributed by atoms with Gasteiger partial charge in [-0.25, -0.2) is 5.43 Å². The highest BCUT2D eigenvalue weighted by Crippen LogP contribution is 2.25. The van der Waals surface area contributed by atoms with Crippen LogP contribution in [-0.4, -0.2) is 24.1 Å². The first-order chi connectivity index (χ1) is 12.5. The summed E-state index contributed by atoms with van der Waals surface area (Å²) in [5.41, 5.74) is 3.86. The van der Waals surface area contributed by atoms with Crippen molar-refractivity contribution in [2.24, 2.45) is 5.10 Å². The highest BCUT2D eigenvalue weighted by Gasteiger charge is 2.12. The Morgan fingerprint density at radius 1 is 1.15 bits per heavy atom. The first-order valence-electron chi connectivity index (χ1n) is 8.06. The molecule has 0 saturated carbocycles. The Hall–Kier alpha value is -2.86. The van der Waals surface area contributed by atoms with E-state index in [0.29, 0.717) is 22.9 Å². The first-order valence-corrected chi connectivity index (χ1v) is 8.43. The lowest BCUT2D eigenvalue weighted by molar-refractivity contribution is -0.139. The van der Waals surface area contributed by atoms with Crippen LogP contribution in [0.4, 0.5) is 0 Å². The van der Waals surface area contributed by atoms with Gasteiger partial charge >= 0.3 is 11.8 Å². The van der Waals surface area contributed by atoms with Crippen LogP contribution in [0.2, 0.25) is 5.02 Å². The van der Waals surface area contributed by atoms with E-state index in [1.807, 2.05) is 30.3 Å². The number of hydrogen-bond acceptors (Lipinski definition) is 4. The molecule has 0 heterocycles. The van der Waals surface area contributed by atoms with Crippen LogP contribution in [0.1, 0.15) is 25.0 Å². The number of carbonyl (C=O) groups excluding carboxylic acids is 2. The summed E-state index contributed by atoms with van der Waals surface area (Å²) < 4.78 is 5.69. The van der Waals surface area contributed by atoms with Crippen LogP contribution >= 0.6 is 11.6 Å². The number of ether oxygens (including phenoxy) is 1. The zero-order valence-corrected chi connectivity index (χ0v) is 15.3. The van der Waals surface area contributed by atoms with Crippen LogP contribution in [0, 0.1) is 0 Å². The topological polar surface area (TPSA) is 79.8 Å². The predicted octanol–water partition coefficient (Wildman–Crippen LogP) is 2.89. The average molecular weight is 374 g/mol. The van der Waals surface area contributed by atoms with E-state index >= 15 is 0 Å². The summed E-state index contributed by atoms with van der Waals surface area (Å²) in [6.07, 6.45) is 1.40. The number of carbonyl (C=O) groups is 2. The molecule has 26 heavy (non-hydrogen) atoms. The minimum absolute atomic E-state index is 0.125. The van der Waals surface area contributed by atoms with Crippen molar-refractivity contribution in [2.45, 2.75) is 26.5 Å². The fourth-order valence-electron chi connectivity index (χ4n) is 1.99. The van der Waals surface area contributed by atoms with E-state index in [4.69, 9.17) is 16.3 Å². The van der Waals surface area contributed by atoms with Crippen molar-refractivity contribution < 1.29 is 14.3 Å². The molecule has 0 radical (unpaired) electrons. The van der Waals surface area contributed by atoms with Crippen molar-refractivity contribution in [1.82, 2.24) is 10.7 Å². The molecule has 2 rings (SSSR count). The Labute approximate surface area is 157 Å². The predicted molar refractivity (Wildman–Crippen MR) is 101 cm³/mol. The van der Waals surface area contributed by atoms with Gasteiger partial charge in [-0.05, 0) is 43.2 Å². The van der Waals surface area contributed by atoms with E-state index in [1.54, 1.807) is 32.0 Å². The summed E-state index contributed by atoms with van der Waals surface area (Å²) >= 11 is 6.21. The molecule has 6 nitrogen and oxygen atoms in total. The third-order valence-electron chi connectivity index (χ3n) is 3.20. The quantitative estimate of drug-likeness (QED) is 0.464. The van der Waals surface area contributed by atoms with Crippen molar-refractivity contribution in [3.05, 3.63) is 64.7 Å². The summed E-state index contributed by atoms with van der Waals surface area (Å²) in [6.45, 7) is 3.94. The third-order valence-corrected chi connectivity index (χ3v) is 3.49. The molecule has 0 aliphatic rings. The standard InChI is InChI=1S/C19H20ClN3O3/c1-13(2)22-18(24)19(25)23-21-11-15-8-9-17(16(20)10-15)26-12-14-6-4-3-5-7-14/h3-11,13H,12H2,1-2H3,(H,22,24)(H,23,25)/b21-11-. The maximum atomic E-state index is 11.5. The lowest BCUT2D eigenvalue weighted by Gasteiger charge is -2.08. The summed E-state index contributed by atoms with van der Waals surface area (Å²) in [5, 5.41) is 6.65.